The Labute approximate surface area is 162 Å². The van der Waals surface area contributed by atoms with E-state index >= 15 is 0 Å². The van der Waals surface area contributed by atoms with Gasteiger partial charge in [-0.25, -0.2) is 0 Å². The molecule has 6 heteroatoms. The van der Waals surface area contributed by atoms with Crippen molar-refractivity contribution in [3.05, 3.63) is 58.5 Å². The van der Waals surface area contributed by atoms with Crippen LogP contribution in [0, 0.1) is 0 Å². The van der Waals surface area contributed by atoms with Crippen LogP contribution in [0.5, 0.6) is 5.75 Å². The minimum atomic E-state index is -0.0680. The van der Waals surface area contributed by atoms with Gasteiger partial charge in [0.25, 0.3) is 5.91 Å². The highest BCUT2D eigenvalue weighted by atomic mass is 32.1. The average molecular weight is 382 g/mol. The Bertz CT molecular complexity index is 887. The average Bonchev–Trinajstić information content (AvgIpc) is 3.36. The van der Waals surface area contributed by atoms with Crippen molar-refractivity contribution in [2.45, 2.75) is 31.7 Å². The monoisotopic (exact) mass is 382 g/mol. The number of nitrogens with zero attached hydrogens (tertiary/aromatic N) is 2. The molecule has 5 nitrogen and oxygen atoms in total. The molecule has 0 N–H and O–H groups in total. The van der Waals surface area contributed by atoms with Gasteiger partial charge in [-0.05, 0) is 48.6 Å². The van der Waals surface area contributed by atoms with E-state index in [4.69, 9.17) is 9.26 Å². The molecule has 1 atom stereocenters. The lowest BCUT2D eigenvalue weighted by Crippen LogP contribution is -2.34. The summed E-state index contributed by atoms with van der Waals surface area (Å²) < 4.78 is 10.9. The zero-order valence-electron chi connectivity index (χ0n) is 15.3. The summed E-state index contributed by atoms with van der Waals surface area (Å²) in [5.41, 5.74) is 1.75. The van der Waals surface area contributed by atoms with Gasteiger partial charge in [-0.2, -0.15) is 0 Å². The number of hydrogen-bond acceptors (Lipinski definition) is 5. The van der Waals surface area contributed by atoms with Crippen molar-refractivity contribution >= 4 is 17.2 Å². The van der Waals surface area contributed by atoms with E-state index in [0.717, 1.165) is 59.9 Å². The van der Waals surface area contributed by atoms with E-state index in [2.05, 4.69) is 5.16 Å². The van der Waals surface area contributed by atoms with Gasteiger partial charge in [0.1, 0.15) is 11.4 Å². The lowest BCUT2D eigenvalue weighted by atomic mass is 10.1. The largest absolute Gasteiger partial charge is 0.497 e. The fourth-order valence-electron chi connectivity index (χ4n) is 3.53. The first kappa shape index (κ1) is 17.8. The smallest absolute Gasteiger partial charge is 0.264 e. The number of methoxy groups -OCH3 is 1. The Kier molecular flexibility index (Phi) is 5.25. The van der Waals surface area contributed by atoms with Crippen LogP contribution in [0.25, 0.3) is 11.3 Å². The number of hydrogen-bond donors (Lipinski definition) is 0. The molecule has 0 bridgehead atoms. The number of aromatic nitrogens is 1. The molecule has 1 aromatic carbocycles. The predicted molar refractivity (Wildman–Crippen MR) is 105 cm³/mol. The van der Waals surface area contributed by atoms with Gasteiger partial charge in [0.05, 0.1) is 18.0 Å². The van der Waals surface area contributed by atoms with Crippen LogP contribution >= 0.6 is 11.3 Å². The molecule has 4 rings (SSSR count). The number of ether oxygens (including phenoxy) is 1. The summed E-state index contributed by atoms with van der Waals surface area (Å²) in [5, 5.41) is 6.19. The fraction of sp³-hybridized carbons (Fsp3) is 0.333. The Hall–Kier alpha value is -2.60. The molecular weight excluding hydrogens is 360 g/mol. The van der Waals surface area contributed by atoms with Crippen LogP contribution in [0.1, 0.15) is 47.2 Å². The molecule has 1 aliphatic rings. The summed E-state index contributed by atoms with van der Waals surface area (Å²) in [5.74, 6) is 1.64. The SMILES string of the molecule is COc1ccc(-c2cc(C3CCCCCN3C(=O)c3cccs3)on2)cc1. The summed E-state index contributed by atoms with van der Waals surface area (Å²) in [7, 11) is 1.65. The standard InChI is InChI=1S/C21H22N2O3S/c1-25-16-10-8-15(9-11-16)17-14-19(26-22-17)18-6-3-2-4-12-23(18)21(24)20-7-5-13-27-20/h5,7-11,13-14,18H,2-4,6,12H2,1H3. The summed E-state index contributed by atoms with van der Waals surface area (Å²) >= 11 is 1.48. The van der Waals surface area contributed by atoms with Crippen LogP contribution in [-0.2, 0) is 0 Å². The lowest BCUT2D eigenvalue weighted by molar-refractivity contribution is 0.0656. The number of carbonyl (C=O) groups is 1. The molecule has 27 heavy (non-hydrogen) atoms. The molecule has 1 unspecified atom stereocenters. The van der Waals surface area contributed by atoms with Crippen molar-refractivity contribution in [1.29, 1.82) is 0 Å². The van der Waals surface area contributed by atoms with Crippen LogP contribution in [0.15, 0.2) is 52.4 Å². The van der Waals surface area contributed by atoms with Gasteiger partial charge in [0.2, 0.25) is 0 Å². The second-order valence-corrected chi connectivity index (χ2v) is 7.63. The van der Waals surface area contributed by atoms with Crippen LogP contribution < -0.4 is 4.74 Å². The zero-order chi connectivity index (χ0) is 18.6. The molecule has 0 aliphatic carbocycles. The first-order valence-electron chi connectivity index (χ1n) is 9.22. The molecule has 3 heterocycles. The molecule has 2 aromatic heterocycles. The van der Waals surface area contributed by atoms with Crippen LogP contribution in [0.2, 0.25) is 0 Å². The van der Waals surface area contributed by atoms with Crippen LogP contribution in [0.3, 0.4) is 0 Å². The van der Waals surface area contributed by atoms with Crippen molar-refractivity contribution in [2.75, 3.05) is 13.7 Å². The van der Waals surface area contributed by atoms with E-state index in [9.17, 15) is 4.79 Å². The number of likely N-dealkylation sites (tertiary alicyclic amines) is 1. The van der Waals surface area contributed by atoms with Crippen molar-refractivity contribution in [1.82, 2.24) is 10.1 Å². The summed E-state index contributed by atoms with van der Waals surface area (Å²) in [6.45, 7) is 0.750. The van der Waals surface area contributed by atoms with E-state index < -0.39 is 0 Å². The third-order valence-corrected chi connectivity index (χ3v) is 5.85. The first-order valence-corrected chi connectivity index (χ1v) is 10.1. The lowest BCUT2D eigenvalue weighted by Gasteiger charge is -2.27. The Morgan fingerprint density at radius 1 is 1.22 bits per heavy atom. The Morgan fingerprint density at radius 2 is 2.07 bits per heavy atom. The van der Waals surface area contributed by atoms with E-state index in [1.807, 2.05) is 52.7 Å². The van der Waals surface area contributed by atoms with Gasteiger partial charge in [-0.15, -0.1) is 11.3 Å². The molecule has 0 radical (unpaired) electrons. The zero-order valence-corrected chi connectivity index (χ0v) is 16.1. The number of rotatable bonds is 4. The minimum absolute atomic E-state index is 0.0680. The molecule has 1 amide bonds. The van der Waals surface area contributed by atoms with Crippen molar-refractivity contribution in [3.63, 3.8) is 0 Å². The fourth-order valence-corrected chi connectivity index (χ4v) is 4.21. The van der Waals surface area contributed by atoms with E-state index in [-0.39, 0.29) is 11.9 Å². The molecular formula is C21H22N2O3S. The quantitative estimate of drug-likeness (QED) is 0.625. The maximum absolute atomic E-state index is 13.0. The highest BCUT2D eigenvalue weighted by molar-refractivity contribution is 7.12. The molecule has 1 aliphatic heterocycles. The van der Waals surface area contributed by atoms with E-state index in [0.29, 0.717) is 0 Å². The molecule has 140 valence electrons. The third kappa shape index (κ3) is 3.76. The molecule has 3 aromatic rings. The maximum atomic E-state index is 13.0. The number of benzene rings is 1. The highest BCUT2D eigenvalue weighted by Crippen LogP contribution is 2.34. The normalized spacial score (nSPS) is 17.5. The molecule has 1 saturated heterocycles. The minimum Gasteiger partial charge on any atom is -0.497 e. The van der Waals surface area contributed by atoms with Gasteiger partial charge in [-0.3, -0.25) is 4.79 Å². The van der Waals surface area contributed by atoms with Crippen LogP contribution in [0.4, 0.5) is 0 Å². The predicted octanol–water partition coefficient (Wildman–Crippen LogP) is 5.17. The number of thiophene rings is 1. The van der Waals surface area contributed by atoms with Gasteiger partial charge < -0.3 is 14.2 Å². The topological polar surface area (TPSA) is 55.6 Å². The molecule has 1 fully saturated rings. The number of carbonyl (C=O) groups excluding carboxylic acids is 1. The van der Waals surface area contributed by atoms with Gasteiger partial charge in [-0.1, -0.05) is 24.1 Å². The van der Waals surface area contributed by atoms with E-state index in [1.54, 1.807) is 7.11 Å². The number of amides is 1. The van der Waals surface area contributed by atoms with Crippen molar-refractivity contribution in [3.8, 4) is 17.0 Å². The molecule has 0 spiro atoms. The van der Waals surface area contributed by atoms with Gasteiger partial charge in [0, 0.05) is 18.2 Å². The second-order valence-electron chi connectivity index (χ2n) is 6.68. The highest BCUT2D eigenvalue weighted by Gasteiger charge is 2.31. The summed E-state index contributed by atoms with van der Waals surface area (Å²) in [6.07, 6.45) is 4.13. The van der Waals surface area contributed by atoms with Crippen molar-refractivity contribution < 1.29 is 14.1 Å². The third-order valence-electron chi connectivity index (χ3n) is 4.99. The van der Waals surface area contributed by atoms with Crippen molar-refractivity contribution in [2.24, 2.45) is 0 Å². The Morgan fingerprint density at radius 3 is 2.81 bits per heavy atom. The van der Waals surface area contributed by atoms with Gasteiger partial charge >= 0.3 is 0 Å². The Balaban J connectivity index is 1.61. The summed E-state index contributed by atoms with van der Waals surface area (Å²) in [4.78, 5) is 15.7. The van der Waals surface area contributed by atoms with Crippen LogP contribution in [-0.4, -0.2) is 29.6 Å². The first-order chi connectivity index (χ1) is 13.3. The second kappa shape index (κ2) is 7.96. The van der Waals surface area contributed by atoms with Gasteiger partial charge in [0.15, 0.2) is 5.76 Å². The molecule has 0 saturated carbocycles. The van der Waals surface area contributed by atoms with E-state index in [1.165, 1.54) is 11.3 Å². The summed E-state index contributed by atoms with van der Waals surface area (Å²) in [6, 6.07) is 13.4. The maximum Gasteiger partial charge on any atom is 0.264 e.